The van der Waals surface area contributed by atoms with Gasteiger partial charge in [-0.05, 0) is 119 Å². The lowest BCUT2D eigenvalue weighted by molar-refractivity contribution is 0.591. The lowest BCUT2D eigenvalue weighted by Crippen LogP contribution is -2.37. The quantitative estimate of drug-likeness (QED) is 0.110. The van der Waals surface area contributed by atoms with E-state index in [1.165, 1.54) is 57.7 Å². The van der Waals surface area contributed by atoms with Crippen LogP contribution >= 0.6 is 0 Å². The number of hydrogen-bond donors (Lipinski definition) is 1. The van der Waals surface area contributed by atoms with E-state index in [0.29, 0.717) is 0 Å². The van der Waals surface area contributed by atoms with Gasteiger partial charge in [-0.2, -0.15) is 0 Å². The Kier molecular flexibility index (Phi) is 9.30. The maximum Gasteiger partial charge on any atom is 0.198 e. The first-order chi connectivity index (χ1) is 30.3. The standard InChI is InChI=1S/C57H49BN3O/c1-5-6-9-18-37-27-30-39(31-28-37)59-48-25-16-14-23-42(48)45-35-51(60(40-19-10-7-11-20-40)41-21-12-8-13-22-41)54-46-33-38(57(2,3)4)29-32-49(46)61-50-34-44-43-24-15-17-26-52(43)62-53(44)36-47(50)58-55(45)56(54)61/h7-8,10-17,19-36,59H,5-6,9,18H2,1-4H3. The molecule has 1 aliphatic heterocycles. The molecule has 0 unspecified atom stereocenters. The molecule has 0 saturated carbocycles. The van der Waals surface area contributed by atoms with E-state index in [1.807, 2.05) is 0 Å². The van der Waals surface area contributed by atoms with Crippen LogP contribution in [0.1, 0.15) is 58.1 Å². The van der Waals surface area contributed by atoms with Gasteiger partial charge >= 0.3 is 0 Å². The molecule has 4 nitrogen and oxygen atoms in total. The van der Waals surface area contributed by atoms with Crippen LogP contribution in [0.3, 0.4) is 0 Å². The number of hydrogen-bond acceptors (Lipinski definition) is 3. The normalized spacial score (nSPS) is 12.3. The van der Waals surface area contributed by atoms with E-state index in [-0.39, 0.29) is 5.41 Å². The highest BCUT2D eigenvalue weighted by Crippen LogP contribution is 2.48. The van der Waals surface area contributed by atoms with Crippen molar-refractivity contribution in [2.75, 3.05) is 10.2 Å². The molecule has 62 heavy (non-hydrogen) atoms. The monoisotopic (exact) mass is 802 g/mol. The van der Waals surface area contributed by atoms with E-state index in [0.717, 1.165) is 79.1 Å². The average molecular weight is 803 g/mol. The molecule has 301 valence electrons. The molecule has 10 aromatic rings. The Hall–Kier alpha value is -6.98. The van der Waals surface area contributed by atoms with Gasteiger partial charge in [-0.15, -0.1) is 0 Å². The number of aryl methyl sites for hydroxylation is 1. The predicted octanol–water partition coefficient (Wildman–Crippen LogP) is 14.6. The Morgan fingerprint density at radius 3 is 2.08 bits per heavy atom. The van der Waals surface area contributed by atoms with Gasteiger partial charge in [0.2, 0.25) is 0 Å². The number of nitrogens with one attached hydrogen (secondary N) is 1. The third-order valence-electron chi connectivity index (χ3n) is 12.8. The summed E-state index contributed by atoms with van der Waals surface area (Å²) in [6, 6.07) is 62.0. The number of furan rings is 1. The summed E-state index contributed by atoms with van der Waals surface area (Å²) in [5.41, 5.74) is 18.0. The molecule has 0 saturated heterocycles. The number of aromatic nitrogens is 1. The molecule has 0 aliphatic carbocycles. The maximum absolute atomic E-state index is 6.54. The second-order valence-corrected chi connectivity index (χ2v) is 17.9. The Labute approximate surface area is 364 Å². The van der Waals surface area contributed by atoms with Crippen LogP contribution in [0.5, 0.6) is 0 Å². The van der Waals surface area contributed by atoms with Crippen molar-refractivity contribution in [2.24, 2.45) is 0 Å². The Morgan fingerprint density at radius 1 is 0.629 bits per heavy atom. The summed E-state index contributed by atoms with van der Waals surface area (Å²) in [7, 11) is 2.41. The van der Waals surface area contributed by atoms with Gasteiger partial charge in [0, 0.05) is 55.5 Å². The highest BCUT2D eigenvalue weighted by atomic mass is 16.3. The third kappa shape index (κ3) is 6.46. The molecule has 0 bridgehead atoms. The van der Waals surface area contributed by atoms with Crippen molar-refractivity contribution in [3.8, 4) is 16.8 Å². The van der Waals surface area contributed by atoms with Crippen molar-refractivity contribution in [1.29, 1.82) is 0 Å². The van der Waals surface area contributed by atoms with Crippen molar-refractivity contribution in [1.82, 2.24) is 4.57 Å². The zero-order chi connectivity index (χ0) is 42.0. The highest BCUT2D eigenvalue weighted by Gasteiger charge is 2.32. The van der Waals surface area contributed by atoms with Crippen LogP contribution < -0.4 is 21.1 Å². The van der Waals surface area contributed by atoms with Crippen molar-refractivity contribution >= 4 is 90.4 Å². The molecular weight excluding hydrogens is 753 g/mol. The Balaban J connectivity index is 1.23. The van der Waals surface area contributed by atoms with Crippen LogP contribution in [-0.2, 0) is 11.8 Å². The Bertz CT molecular complexity index is 3240. The fourth-order valence-electron chi connectivity index (χ4n) is 9.62. The number of benzene rings is 8. The Morgan fingerprint density at radius 2 is 1.34 bits per heavy atom. The fourth-order valence-corrected chi connectivity index (χ4v) is 9.62. The number of rotatable bonds is 10. The summed E-state index contributed by atoms with van der Waals surface area (Å²) in [5, 5.41) is 8.57. The molecule has 1 N–H and O–H groups in total. The predicted molar refractivity (Wildman–Crippen MR) is 265 cm³/mol. The van der Waals surface area contributed by atoms with E-state index in [4.69, 9.17) is 4.42 Å². The van der Waals surface area contributed by atoms with Gasteiger partial charge in [0.25, 0.3) is 0 Å². The number of anilines is 5. The molecule has 0 spiro atoms. The van der Waals surface area contributed by atoms with Gasteiger partial charge in [-0.1, -0.05) is 137 Å². The average Bonchev–Trinajstić information content (AvgIpc) is 3.84. The molecule has 0 amide bonds. The largest absolute Gasteiger partial charge is 0.456 e. The van der Waals surface area contributed by atoms with Gasteiger partial charge in [0.15, 0.2) is 7.28 Å². The van der Waals surface area contributed by atoms with Gasteiger partial charge < -0.3 is 19.2 Å². The molecule has 8 aromatic carbocycles. The van der Waals surface area contributed by atoms with E-state index in [1.54, 1.807) is 0 Å². The summed E-state index contributed by atoms with van der Waals surface area (Å²) in [6.45, 7) is 9.19. The molecule has 0 atom stereocenters. The summed E-state index contributed by atoms with van der Waals surface area (Å²) in [4.78, 5) is 2.45. The molecule has 3 heterocycles. The molecule has 11 rings (SSSR count). The number of para-hydroxylation sites is 4. The van der Waals surface area contributed by atoms with Crippen LogP contribution in [0.2, 0.25) is 0 Å². The summed E-state index contributed by atoms with van der Waals surface area (Å²) in [5.74, 6) is 0. The fraction of sp³-hybridized carbons (Fsp3) is 0.158. The summed E-state index contributed by atoms with van der Waals surface area (Å²) in [6.07, 6.45) is 4.82. The zero-order valence-electron chi connectivity index (χ0n) is 35.9. The van der Waals surface area contributed by atoms with Gasteiger partial charge in [0.05, 0.1) is 16.7 Å². The van der Waals surface area contributed by atoms with Crippen molar-refractivity contribution in [2.45, 2.75) is 58.8 Å². The molecule has 0 fully saturated rings. The summed E-state index contributed by atoms with van der Waals surface area (Å²) >= 11 is 0. The molecular formula is C57H49BN3O. The maximum atomic E-state index is 6.54. The number of unbranched alkanes of at least 4 members (excludes halogenated alkanes) is 2. The highest BCUT2D eigenvalue weighted by molar-refractivity contribution is 6.74. The third-order valence-corrected chi connectivity index (χ3v) is 12.8. The summed E-state index contributed by atoms with van der Waals surface area (Å²) < 4.78 is 9.08. The van der Waals surface area contributed by atoms with E-state index in [2.05, 4.69) is 220 Å². The first-order valence-corrected chi connectivity index (χ1v) is 22.2. The molecule has 1 radical (unpaired) electrons. The van der Waals surface area contributed by atoms with Gasteiger partial charge in [-0.25, -0.2) is 0 Å². The lowest BCUT2D eigenvalue weighted by atomic mass is 9.58. The lowest BCUT2D eigenvalue weighted by Gasteiger charge is -2.30. The SMILES string of the molecule is CCCCCc1ccc(Nc2ccccc2-c2cc(N(c3ccccc3)c3ccccc3)c3c4cc(C(C)(C)C)ccc4n4c3c2[B]c2cc3oc5ccccc5c3cc2-4)cc1. The first kappa shape index (κ1) is 38.0. The van der Waals surface area contributed by atoms with E-state index in [9.17, 15) is 0 Å². The number of fused-ring (bicyclic) bond motifs is 8. The van der Waals surface area contributed by atoms with Crippen LogP contribution in [0.25, 0.3) is 60.6 Å². The minimum absolute atomic E-state index is 0.0471. The van der Waals surface area contributed by atoms with Crippen LogP contribution in [-0.4, -0.2) is 11.8 Å². The minimum atomic E-state index is -0.0471. The molecule has 2 aromatic heterocycles. The second-order valence-electron chi connectivity index (χ2n) is 17.9. The van der Waals surface area contributed by atoms with Crippen LogP contribution in [0.15, 0.2) is 174 Å². The minimum Gasteiger partial charge on any atom is -0.456 e. The molecule has 5 heteroatoms. The second kappa shape index (κ2) is 15.2. The topological polar surface area (TPSA) is 33.3 Å². The van der Waals surface area contributed by atoms with E-state index >= 15 is 0 Å². The van der Waals surface area contributed by atoms with Crippen molar-refractivity contribution in [3.63, 3.8) is 0 Å². The zero-order valence-corrected chi connectivity index (χ0v) is 35.9. The van der Waals surface area contributed by atoms with Gasteiger partial charge in [-0.3, -0.25) is 0 Å². The smallest absolute Gasteiger partial charge is 0.198 e. The number of nitrogens with zero attached hydrogens (tertiary/aromatic N) is 2. The van der Waals surface area contributed by atoms with Crippen LogP contribution in [0.4, 0.5) is 28.4 Å². The van der Waals surface area contributed by atoms with Crippen molar-refractivity contribution in [3.05, 3.63) is 181 Å². The van der Waals surface area contributed by atoms with Crippen LogP contribution in [0, 0.1) is 0 Å². The first-order valence-electron chi connectivity index (χ1n) is 22.2. The van der Waals surface area contributed by atoms with Gasteiger partial charge in [0.1, 0.15) is 11.2 Å². The van der Waals surface area contributed by atoms with Crippen molar-refractivity contribution < 1.29 is 4.42 Å². The molecule has 1 aliphatic rings. The van der Waals surface area contributed by atoms with E-state index < -0.39 is 0 Å².